The van der Waals surface area contributed by atoms with E-state index in [1.807, 2.05) is 30.5 Å². The summed E-state index contributed by atoms with van der Waals surface area (Å²) in [6, 6.07) is 7.70. The molecule has 0 aliphatic carbocycles. The minimum Gasteiger partial charge on any atom is -0.216 e. The molecule has 2 N–H and O–H groups in total. The Hall–Kier alpha value is -0.560. The molecule has 1 rings (SSSR count). The summed E-state index contributed by atoms with van der Waals surface area (Å²) >= 11 is 1.65. The lowest BCUT2D eigenvalue weighted by atomic mass is 10.2. The van der Waals surface area contributed by atoms with Crippen LogP contribution in [0.3, 0.4) is 0 Å². The summed E-state index contributed by atoms with van der Waals surface area (Å²) in [7, 11) is -2.13. The summed E-state index contributed by atoms with van der Waals surface area (Å²) in [5.41, 5.74) is 0.921. The van der Waals surface area contributed by atoms with Gasteiger partial charge in [-0.25, -0.2) is 5.14 Å². The molecule has 0 heterocycles. The Balaban J connectivity index is 2.74. The number of hydrogen-bond donors (Lipinski definition) is 1. The van der Waals surface area contributed by atoms with Gasteiger partial charge in [0.25, 0.3) is 10.2 Å². The monoisotopic (exact) mass is 246 g/mol. The van der Waals surface area contributed by atoms with Crippen molar-refractivity contribution in [2.75, 3.05) is 13.3 Å². The van der Waals surface area contributed by atoms with Gasteiger partial charge in [-0.1, -0.05) is 12.1 Å². The van der Waals surface area contributed by atoms with Crippen LogP contribution in [-0.2, 0) is 16.8 Å². The number of rotatable bonds is 4. The van der Waals surface area contributed by atoms with Crippen LogP contribution in [0.4, 0.5) is 0 Å². The van der Waals surface area contributed by atoms with E-state index in [0.29, 0.717) is 6.54 Å². The molecule has 6 heteroatoms. The van der Waals surface area contributed by atoms with Crippen molar-refractivity contribution in [2.45, 2.75) is 11.4 Å². The SMILES string of the molecule is CSc1ccc(CN(C)S(N)(=O)=O)cc1. The normalized spacial score (nSPS) is 12.0. The van der Waals surface area contributed by atoms with Crippen LogP contribution in [0.15, 0.2) is 29.2 Å². The van der Waals surface area contributed by atoms with Crippen molar-refractivity contribution in [3.8, 4) is 0 Å². The molecule has 0 bridgehead atoms. The van der Waals surface area contributed by atoms with Gasteiger partial charge in [0, 0.05) is 18.5 Å². The first kappa shape index (κ1) is 12.5. The third kappa shape index (κ3) is 3.83. The Morgan fingerprint density at radius 3 is 2.27 bits per heavy atom. The zero-order chi connectivity index (χ0) is 11.5. The quantitative estimate of drug-likeness (QED) is 0.807. The summed E-state index contributed by atoms with van der Waals surface area (Å²) < 4.78 is 23.0. The van der Waals surface area contributed by atoms with Gasteiger partial charge < -0.3 is 0 Å². The van der Waals surface area contributed by atoms with E-state index in [1.165, 1.54) is 7.05 Å². The fourth-order valence-corrected chi connectivity index (χ4v) is 1.82. The van der Waals surface area contributed by atoms with Gasteiger partial charge in [0.1, 0.15) is 0 Å². The highest BCUT2D eigenvalue weighted by Gasteiger charge is 2.11. The molecule has 1 aromatic carbocycles. The fraction of sp³-hybridized carbons (Fsp3) is 0.333. The molecule has 0 radical (unpaired) electrons. The number of nitrogens with two attached hydrogens (primary N) is 1. The second-order valence-corrected chi connectivity index (χ2v) is 5.68. The van der Waals surface area contributed by atoms with Crippen molar-refractivity contribution in [2.24, 2.45) is 5.14 Å². The van der Waals surface area contributed by atoms with E-state index in [0.717, 1.165) is 14.8 Å². The van der Waals surface area contributed by atoms with Gasteiger partial charge in [0.15, 0.2) is 0 Å². The standard InChI is InChI=1S/C9H14N2O2S2/c1-11(15(10,12)13)7-8-3-5-9(14-2)6-4-8/h3-6H,7H2,1-2H3,(H2,10,12,13). The zero-order valence-corrected chi connectivity index (χ0v) is 10.3. The van der Waals surface area contributed by atoms with Crippen LogP contribution in [0.1, 0.15) is 5.56 Å². The minimum absolute atomic E-state index is 0.299. The topological polar surface area (TPSA) is 63.4 Å². The van der Waals surface area contributed by atoms with Crippen molar-refractivity contribution in [1.29, 1.82) is 0 Å². The fourth-order valence-electron chi connectivity index (χ4n) is 1.08. The first-order valence-electron chi connectivity index (χ1n) is 4.30. The van der Waals surface area contributed by atoms with Crippen LogP contribution in [0.25, 0.3) is 0 Å². The summed E-state index contributed by atoms with van der Waals surface area (Å²) in [6.45, 7) is 0.299. The Labute approximate surface area is 94.6 Å². The van der Waals surface area contributed by atoms with Crippen LogP contribution in [0, 0.1) is 0 Å². The molecule has 0 saturated heterocycles. The number of hydrogen-bond acceptors (Lipinski definition) is 3. The molecule has 15 heavy (non-hydrogen) atoms. The second-order valence-electron chi connectivity index (χ2n) is 3.15. The Bertz CT molecular complexity index is 414. The van der Waals surface area contributed by atoms with Gasteiger partial charge in [-0.3, -0.25) is 0 Å². The van der Waals surface area contributed by atoms with Crippen molar-refractivity contribution in [1.82, 2.24) is 4.31 Å². The van der Waals surface area contributed by atoms with E-state index in [-0.39, 0.29) is 0 Å². The average Bonchev–Trinajstić information content (AvgIpc) is 2.17. The Morgan fingerprint density at radius 1 is 1.33 bits per heavy atom. The van der Waals surface area contributed by atoms with Crippen LogP contribution < -0.4 is 5.14 Å². The summed E-state index contributed by atoms with van der Waals surface area (Å²) in [5, 5.41) is 4.98. The molecule has 0 amide bonds. The lowest BCUT2D eigenvalue weighted by Gasteiger charge is -2.13. The highest BCUT2D eigenvalue weighted by atomic mass is 32.2. The number of benzene rings is 1. The minimum atomic E-state index is -3.59. The second kappa shape index (κ2) is 4.98. The Kier molecular flexibility index (Phi) is 4.15. The first-order valence-corrected chi connectivity index (χ1v) is 7.03. The molecule has 0 spiro atoms. The lowest BCUT2D eigenvalue weighted by molar-refractivity contribution is 0.468. The molecule has 0 atom stereocenters. The molecule has 4 nitrogen and oxygen atoms in total. The first-order chi connectivity index (χ1) is 6.93. The third-order valence-electron chi connectivity index (χ3n) is 2.00. The molecule has 0 unspecified atom stereocenters. The van der Waals surface area contributed by atoms with Crippen molar-refractivity contribution in [3.05, 3.63) is 29.8 Å². The maximum atomic E-state index is 11.0. The van der Waals surface area contributed by atoms with Crippen molar-refractivity contribution in [3.63, 3.8) is 0 Å². The molecular weight excluding hydrogens is 232 g/mol. The molecule has 1 aromatic rings. The molecule has 0 aliphatic heterocycles. The molecule has 0 aromatic heterocycles. The van der Waals surface area contributed by atoms with E-state index >= 15 is 0 Å². The zero-order valence-electron chi connectivity index (χ0n) is 8.67. The van der Waals surface area contributed by atoms with Gasteiger partial charge in [-0.2, -0.15) is 12.7 Å². The summed E-state index contributed by atoms with van der Waals surface area (Å²) in [6.07, 6.45) is 1.99. The lowest BCUT2D eigenvalue weighted by Crippen LogP contribution is -2.32. The number of thioether (sulfide) groups is 1. The van der Waals surface area contributed by atoms with Crippen LogP contribution >= 0.6 is 11.8 Å². The number of nitrogens with zero attached hydrogens (tertiary/aromatic N) is 1. The highest BCUT2D eigenvalue weighted by molar-refractivity contribution is 7.98. The summed E-state index contributed by atoms with van der Waals surface area (Å²) in [4.78, 5) is 1.15. The van der Waals surface area contributed by atoms with Crippen LogP contribution in [0.2, 0.25) is 0 Å². The predicted octanol–water partition coefficient (Wildman–Crippen LogP) is 1.04. The van der Waals surface area contributed by atoms with Crippen molar-refractivity contribution < 1.29 is 8.42 Å². The predicted molar refractivity (Wildman–Crippen MR) is 62.8 cm³/mol. The average molecular weight is 246 g/mol. The van der Waals surface area contributed by atoms with E-state index in [2.05, 4.69) is 0 Å². The van der Waals surface area contributed by atoms with Gasteiger partial charge in [0.05, 0.1) is 0 Å². The van der Waals surface area contributed by atoms with Crippen molar-refractivity contribution >= 4 is 22.0 Å². The largest absolute Gasteiger partial charge is 0.276 e. The molecule has 0 fully saturated rings. The van der Waals surface area contributed by atoms with E-state index in [1.54, 1.807) is 11.8 Å². The van der Waals surface area contributed by atoms with Crippen LogP contribution in [-0.4, -0.2) is 26.0 Å². The molecule has 0 saturated carbocycles. The van der Waals surface area contributed by atoms with Gasteiger partial charge in [0.2, 0.25) is 0 Å². The van der Waals surface area contributed by atoms with E-state index in [9.17, 15) is 8.42 Å². The molecule has 84 valence electrons. The van der Waals surface area contributed by atoms with E-state index < -0.39 is 10.2 Å². The Morgan fingerprint density at radius 2 is 1.87 bits per heavy atom. The third-order valence-corrected chi connectivity index (χ3v) is 3.74. The van der Waals surface area contributed by atoms with E-state index in [4.69, 9.17) is 5.14 Å². The van der Waals surface area contributed by atoms with Crippen LogP contribution in [0.5, 0.6) is 0 Å². The molecule has 0 aliphatic rings. The van der Waals surface area contributed by atoms with Gasteiger partial charge >= 0.3 is 0 Å². The van der Waals surface area contributed by atoms with Gasteiger partial charge in [-0.15, -0.1) is 11.8 Å². The maximum Gasteiger partial charge on any atom is 0.276 e. The molecular formula is C9H14N2O2S2. The van der Waals surface area contributed by atoms with Gasteiger partial charge in [-0.05, 0) is 24.0 Å². The maximum absolute atomic E-state index is 11.0. The highest BCUT2D eigenvalue weighted by Crippen LogP contribution is 2.15. The summed E-state index contributed by atoms with van der Waals surface area (Å²) in [5.74, 6) is 0. The smallest absolute Gasteiger partial charge is 0.216 e.